The molecule has 1 heterocycles. The minimum atomic E-state index is 0. The second-order valence-corrected chi connectivity index (χ2v) is 6.06. The maximum absolute atomic E-state index is 12.6. The van der Waals surface area contributed by atoms with Crippen molar-refractivity contribution < 1.29 is 4.79 Å². The van der Waals surface area contributed by atoms with E-state index in [2.05, 4.69) is 29.5 Å². The van der Waals surface area contributed by atoms with Crippen molar-refractivity contribution in [1.82, 2.24) is 4.90 Å². The van der Waals surface area contributed by atoms with Crippen molar-refractivity contribution in [2.45, 2.75) is 25.8 Å². The number of benzene rings is 1. The van der Waals surface area contributed by atoms with Crippen LogP contribution in [0.5, 0.6) is 0 Å². The predicted molar refractivity (Wildman–Crippen MR) is 88.7 cm³/mol. The molecule has 2 unspecified atom stereocenters. The second kappa shape index (κ2) is 7.45. The number of likely N-dealkylation sites (tertiary alicyclic amines) is 1. The zero-order chi connectivity index (χ0) is 13.1. The Hall–Kier alpha value is -0.330. The van der Waals surface area contributed by atoms with Crippen LogP contribution >= 0.6 is 35.0 Å². The minimum Gasteiger partial charge on any atom is -0.334 e. The molecular weight excluding hydrogens is 375 g/mol. The molecule has 0 radical (unpaired) electrons. The lowest BCUT2D eigenvalue weighted by Crippen LogP contribution is -2.51. The number of halogens is 2. The van der Waals surface area contributed by atoms with Gasteiger partial charge >= 0.3 is 0 Å². The van der Waals surface area contributed by atoms with Gasteiger partial charge in [0.25, 0.3) is 5.91 Å². The third-order valence-electron chi connectivity index (χ3n) is 3.72. The highest BCUT2D eigenvalue weighted by molar-refractivity contribution is 14.1. The van der Waals surface area contributed by atoms with Gasteiger partial charge in [-0.3, -0.25) is 4.79 Å². The van der Waals surface area contributed by atoms with Gasteiger partial charge in [-0.25, -0.2) is 0 Å². The van der Waals surface area contributed by atoms with Crippen molar-refractivity contribution in [2.75, 3.05) is 13.1 Å². The number of amides is 1. The topological polar surface area (TPSA) is 46.3 Å². The van der Waals surface area contributed by atoms with E-state index in [1.54, 1.807) is 0 Å². The molecule has 2 N–H and O–H groups in total. The van der Waals surface area contributed by atoms with E-state index in [1.807, 2.05) is 29.2 Å². The molecule has 2 atom stereocenters. The van der Waals surface area contributed by atoms with Crippen LogP contribution in [0.25, 0.3) is 0 Å². The first-order valence-electron chi connectivity index (χ1n) is 6.40. The minimum absolute atomic E-state index is 0. The van der Waals surface area contributed by atoms with Gasteiger partial charge in [-0.05, 0) is 53.5 Å². The summed E-state index contributed by atoms with van der Waals surface area (Å²) in [4.78, 5) is 14.6. The Morgan fingerprint density at radius 3 is 2.79 bits per heavy atom. The van der Waals surface area contributed by atoms with E-state index in [4.69, 9.17) is 5.73 Å². The number of rotatable bonds is 2. The van der Waals surface area contributed by atoms with Crippen molar-refractivity contribution in [3.05, 3.63) is 33.4 Å². The predicted octanol–water partition coefficient (Wildman–Crippen LogP) is 2.91. The van der Waals surface area contributed by atoms with Crippen LogP contribution < -0.4 is 5.73 Å². The molecule has 1 aromatic carbocycles. The van der Waals surface area contributed by atoms with Crippen LogP contribution in [0.2, 0.25) is 0 Å². The molecule has 5 heteroatoms. The van der Waals surface area contributed by atoms with Crippen LogP contribution in [0.3, 0.4) is 0 Å². The van der Waals surface area contributed by atoms with Gasteiger partial charge in [0.1, 0.15) is 0 Å². The summed E-state index contributed by atoms with van der Waals surface area (Å²) in [5.74, 6) is 0.621. The van der Waals surface area contributed by atoms with E-state index in [1.165, 1.54) is 0 Å². The normalized spacial score (nSPS) is 22.8. The number of nitrogens with two attached hydrogens (primary N) is 1. The highest BCUT2D eigenvalue weighted by atomic mass is 127. The fraction of sp³-hybridized carbons (Fsp3) is 0.500. The first kappa shape index (κ1) is 16.7. The molecule has 0 aliphatic carbocycles. The fourth-order valence-electron chi connectivity index (χ4n) is 2.65. The molecule has 0 saturated carbocycles. The molecule has 3 nitrogen and oxygen atoms in total. The third kappa shape index (κ3) is 3.61. The van der Waals surface area contributed by atoms with E-state index in [0.717, 1.165) is 28.5 Å². The molecule has 1 fully saturated rings. The summed E-state index contributed by atoms with van der Waals surface area (Å²) in [6.45, 7) is 3.57. The summed E-state index contributed by atoms with van der Waals surface area (Å²) in [5, 5.41) is 0. The largest absolute Gasteiger partial charge is 0.334 e. The number of carbonyl (C=O) groups excluding carboxylic acids is 1. The average molecular weight is 395 g/mol. The Labute approximate surface area is 134 Å². The van der Waals surface area contributed by atoms with Crippen molar-refractivity contribution in [2.24, 2.45) is 11.7 Å². The molecule has 1 saturated heterocycles. The lowest BCUT2D eigenvalue weighted by atomic mass is 9.90. The third-order valence-corrected chi connectivity index (χ3v) is 4.66. The van der Waals surface area contributed by atoms with Crippen molar-refractivity contribution in [3.63, 3.8) is 0 Å². The second-order valence-electron chi connectivity index (χ2n) is 4.90. The molecule has 1 aromatic rings. The Morgan fingerprint density at radius 1 is 1.47 bits per heavy atom. The zero-order valence-electron chi connectivity index (χ0n) is 11.0. The summed E-state index contributed by atoms with van der Waals surface area (Å²) in [5.41, 5.74) is 6.64. The molecule has 19 heavy (non-hydrogen) atoms. The van der Waals surface area contributed by atoms with E-state index in [9.17, 15) is 4.79 Å². The molecule has 0 bridgehead atoms. The summed E-state index contributed by atoms with van der Waals surface area (Å²) < 4.78 is 1.01. The highest BCUT2D eigenvalue weighted by Gasteiger charge is 2.31. The van der Waals surface area contributed by atoms with Crippen LogP contribution in [-0.2, 0) is 0 Å². The molecule has 1 aliphatic heterocycles. The molecule has 106 valence electrons. The lowest BCUT2D eigenvalue weighted by Gasteiger charge is -2.39. The summed E-state index contributed by atoms with van der Waals surface area (Å²) >= 11 is 2.22. The molecular formula is C14H20ClIN2O. The van der Waals surface area contributed by atoms with Crippen LogP contribution in [-0.4, -0.2) is 29.9 Å². The van der Waals surface area contributed by atoms with E-state index < -0.39 is 0 Å². The van der Waals surface area contributed by atoms with Gasteiger partial charge in [-0.2, -0.15) is 0 Å². The summed E-state index contributed by atoms with van der Waals surface area (Å²) in [6, 6.07) is 7.93. The van der Waals surface area contributed by atoms with Crippen molar-refractivity contribution in [3.8, 4) is 0 Å². The zero-order valence-corrected chi connectivity index (χ0v) is 14.0. The maximum Gasteiger partial charge on any atom is 0.255 e. The van der Waals surface area contributed by atoms with Gasteiger partial charge < -0.3 is 10.6 Å². The van der Waals surface area contributed by atoms with Gasteiger partial charge in [0, 0.05) is 22.7 Å². The van der Waals surface area contributed by atoms with E-state index >= 15 is 0 Å². The van der Waals surface area contributed by atoms with Crippen molar-refractivity contribution >= 4 is 40.9 Å². The van der Waals surface area contributed by atoms with Crippen LogP contribution in [0.15, 0.2) is 24.3 Å². The van der Waals surface area contributed by atoms with Gasteiger partial charge in [0.2, 0.25) is 0 Å². The first-order valence-corrected chi connectivity index (χ1v) is 7.48. The molecule has 1 aliphatic rings. The van der Waals surface area contributed by atoms with Gasteiger partial charge in [0.15, 0.2) is 0 Å². The van der Waals surface area contributed by atoms with Crippen molar-refractivity contribution in [1.29, 1.82) is 0 Å². The Kier molecular flexibility index (Phi) is 6.56. The Morgan fingerprint density at radius 2 is 2.16 bits per heavy atom. The average Bonchev–Trinajstić information content (AvgIpc) is 2.38. The smallest absolute Gasteiger partial charge is 0.255 e. The molecule has 1 amide bonds. The number of piperidine rings is 1. The Balaban J connectivity index is 0.00000180. The highest BCUT2D eigenvalue weighted by Crippen LogP contribution is 2.25. The molecule has 2 rings (SSSR count). The molecule has 0 spiro atoms. The van der Waals surface area contributed by atoms with Crippen LogP contribution in [0.4, 0.5) is 0 Å². The first-order chi connectivity index (χ1) is 8.65. The number of hydrogen-bond donors (Lipinski definition) is 1. The van der Waals surface area contributed by atoms with E-state index in [-0.39, 0.29) is 24.4 Å². The summed E-state index contributed by atoms with van der Waals surface area (Å²) in [7, 11) is 0. The quantitative estimate of drug-likeness (QED) is 0.784. The monoisotopic (exact) mass is 394 g/mol. The standard InChI is InChI=1S/C14H19IN2O.ClH/c1-10-5-4-8-17(13(10)9-16)14(18)11-6-2-3-7-12(11)15;/h2-3,6-7,10,13H,4-5,8-9,16H2,1H3;1H. The van der Waals surface area contributed by atoms with E-state index in [0.29, 0.717) is 12.5 Å². The van der Waals surface area contributed by atoms with Gasteiger partial charge in [-0.1, -0.05) is 19.1 Å². The lowest BCUT2D eigenvalue weighted by molar-refractivity contribution is 0.0531. The van der Waals surface area contributed by atoms with Gasteiger partial charge in [0.05, 0.1) is 5.56 Å². The number of hydrogen-bond acceptors (Lipinski definition) is 2. The summed E-state index contributed by atoms with van der Waals surface area (Å²) in [6.07, 6.45) is 2.24. The Bertz CT molecular complexity index is 441. The van der Waals surface area contributed by atoms with Crippen LogP contribution in [0.1, 0.15) is 30.1 Å². The number of nitrogens with zero attached hydrogens (tertiary/aromatic N) is 1. The fourth-order valence-corrected chi connectivity index (χ4v) is 3.27. The number of carbonyl (C=O) groups is 1. The van der Waals surface area contributed by atoms with Crippen LogP contribution in [0, 0.1) is 9.49 Å². The van der Waals surface area contributed by atoms with Gasteiger partial charge in [-0.15, -0.1) is 12.4 Å². The molecule has 0 aromatic heterocycles. The SMILES string of the molecule is CC1CCCN(C(=O)c2ccccc2I)C1CN.Cl. The maximum atomic E-state index is 12.6.